The summed E-state index contributed by atoms with van der Waals surface area (Å²) in [7, 11) is 1.61. The molecule has 0 spiro atoms. The molecule has 2 aromatic carbocycles. The van der Waals surface area contributed by atoms with Crippen LogP contribution in [-0.2, 0) is 0 Å². The molecule has 2 aromatic rings. The summed E-state index contributed by atoms with van der Waals surface area (Å²) in [5, 5.41) is 10.2. The molecule has 0 aromatic heterocycles. The lowest BCUT2D eigenvalue weighted by atomic mass is 10.1. The average Bonchev–Trinajstić information content (AvgIpc) is 2.46. The van der Waals surface area contributed by atoms with Crippen LogP contribution in [-0.4, -0.2) is 18.8 Å². The van der Waals surface area contributed by atoms with Gasteiger partial charge >= 0.3 is 0 Å². The van der Waals surface area contributed by atoms with Crippen molar-refractivity contribution < 1.29 is 14.6 Å². The molecule has 1 unspecified atom stereocenters. The number of aryl methyl sites for hydroxylation is 2. The highest BCUT2D eigenvalue weighted by Gasteiger charge is 2.10. The van der Waals surface area contributed by atoms with Gasteiger partial charge in [0.05, 0.1) is 7.11 Å². The molecule has 0 amide bonds. The first kappa shape index (κ1) is 14.4. The van der Waals surface area contributed by atoms with E-state index in [0.717, 1.165) is 22.6 Å². The normalized spacial score (nSPS) is 12.0. The van der Waals surface area contributed by atoms with Gasteiger partial charge in [-0.3, -0.25) is 0 Å². The van der Waals surface area contributed by atoms with E-state index in [1.54, 1.807) is 7.11 Å². The van der Waals surface area contributed by atoms with Crippen LogP contribution in [0.25, 0.3) is 0 Å². The van der Waals surface area contributed by atoms with Crippen LogP contribution in [0.15, 0.2) is 42.5 Å². The second kappa shape index (κ2) is 6.44. The Bertz CT molecular complexity index is 578. The van der Waals surface area contributed by atoms with Crippen LogP contribution in [0.5, 0.6) is 11.5 Å². The number of benzene rings is 2. The van der Waals surface area contributed by atoms with Crippen molar-refractivity contribution in [2.45, 2.75) is 20.0 Å². The van der Waals surface area contributed by atoms with E-state index in [1.165, 1.54) is 5.56 Å². The summed E-state index contributed by atoms with van der Waals surface area (Å²) in [6.45, 7) is 4.26. The maximum Gasteiger partial charge on any atom is 0.122 e. The van der Waals surface area contributed by atoms with E-state index in [-0.39, 0.29) is 6.61 Å². The first-order valence-electron chi connectivity index (χ1n) is 6.62. The average molecular weight is 272 g/mol. The summed E-state index contributed by atoms with van der Waals surface area (Å²) < 4.78 is 10.8. The zero-order valence-electron chi connectivity index (χ0n) is 12.1. The van der Waals surface area contributed by atoms with Crippen molar-refractivity contribution in [1.29, 1.82) is 0 Å². The van der Waals surface area contributed by atoms with Crippen LogP contribution in [0.4, 0.5) is 0 Å². The molecule has 0 aliphatic carbocycles. The fraction of sp³-hybridized carbons (Fsp3) is 0.294. The molecule has 0 aliphatic rings. The minimum absolute atomic E-state index is 0.219. The topological polar surface area (TPSA) is 38.7 Å². The van der Waals surface area contributed by atoms with Crippen molar-refractivity contribution in [3.05, 3.63) is 59.2 Å². The lowest BCUT2D eigenvalue weighted by Crippen LogP contribution is -2.10. The molecular weight excluding hydrogens is 252 g/mol. The third-order valence-electron chi connectivity index (χ3n) is 3.21. The number of ether oxygens (including phenoxy) is 2. The molecule has 106 valence electrons. The van der Waals surface area contributed by atoms with Crippen LogP contribution >= 0.6 is 0 Å². The molecule has 0 radical (unpaired) electrons. The highest BCUT2D eigenvalue weighted by atomic mass is 16.5. The monoisotopic (exact) mass is 272 g/mol. The molecule has 1 atom stereocenters. The minimum Gasteiger partial charge on any atom is -0.497 e. The maximum atomic E-state index is 10.2. The van der Waals surface area contributed by atoms with Gasteiger partial charge in [0, 0.05) is 0 Å². The Morgan fingerprint density at radius 1 is 1.10 bits per heavy atom. The van der Waals surface area contributed by atoms with Gasteiger partial charge in [-0.25, -0.2) is 0 Å². The molecule has 0 aliphatic heterocycles. The summed E-state index contributed by atoms with van der Waals surface area (Å²) in [6, 6.07) is 13.4. The van der Waals surface area contributed by atoms with Gasteiger partial charge in [0.25, 0.3) is 0 Å². The van der Waals surface area contributed by atoms with Gasteiger partial charge in [-0.15, -0.1) is 0 Å². The molecule has 20 heavy (non-hydrogen) atoms. The molecular formula is C17H20O3. The van der Waals surface area contributed by atoms with E-state index < -0.39 is 6.10 Å². The minimum atomic E-state index is -0.675. The van der Waals surface area contributed by atoms with Gasteiger partial charge in [0.1, 0.15) is 24.2 Å². The Balaban J connectivity index is 2.02. The Morgan fingerprint density at radius 3 is 2.60 bits per heavy atom. The Morgan fingerprint density at radius 2 is 1.90 bits per heavy atom. The van der Waals surface area contributed by atoms with Gasteiger partial charge in [0.2, 0.25) is 0 Å². The smallest absolute Gasteiger partial charge is 0.122 e. The van der Waals surface area contributed by atoms with Crippen molar-refractivity contribution in [3.63, 3.8) is 0 Å². The third kappa shape index (κ3) is 3.52. The van der Waals surface area contributed by atoms with E-state index in [9.17, 15) is 5.11 Å². The van der Waals surface area contributed by atoms with Crippen molar-refractivity contribution >= 4 is 0 Å². The Hall–Kier alpha value is -2.00. The van der Waals surface area contributed by atoms with Crippen LogP contribution in [0.3, 0.4) is 0 Å². The number of aliphatic hydroxyl groups is 1. The lowest BCUT2D eigenvalue weighted by molar-refractivity contribution is 0.107. The quantitative estimate of drug-likeness (QED) is 0.906. The molecule has 3 nitrogen and oxygen atoms in total. The summed E-state index contributed by atoms with van der Waals surface area (Å²) in [5.41, 5.74) is 3.06. The van der Waals surface area contributed by atoms with Crippen LogP contribution in [0.2, 0.25) is 0 Å². The predicted molar refractivity (Wildman–Crippen MR) is 79.4 cm³/mol. The standard InChI is InChI=1S/C17H20O3/c1-12-7-8-17(13(2)9-12)20-11-16(18)14-5-4-6-15(10-14)19-3/h4-10,16,18H,11H2,1-3H3. The van der Waals surface area contributed by atoms with Gasteiger partial charge < -0.3 is 14.6 Å². The highest BCUT2D eigenvalue weighted by molar-refractivity contribution is 5.36. The molecule has 3 heteroatoms. The molecule has 1 N–H and O–H groups in total. The number of hydrogen-bond acceptors (Lipinski definition) is 3. The van der Waals surface area contributed by atoms with Gasteiger partial charge in [-0.2, -0.15) is 0 Å². The third-order valence-corrected chi connectivity index (χ3v) is 3.21. The predicted octanol–water partition coefficient (Wildman–Crippen LogP) is 3.42. The summed E-state index contributed by atoms with van der Waals surface area (Å²) >= 11 is 0. The lowest BCUT2D eigenvalue weighted by Gasteiger charge is -2.15. The fourth-order valence-corrected chi connectivity index (χ4v) is 2.08. The van der Waals surface area contributed by atoms with Crippen molar-refractivity contribution in [1.82, 2.24) is 0 Å². The zero-order chi connectivity index (χ0) is 14.5. The number of aliphatic hydroxyl groups excluding tert-OH is 1. The van der Waals surface area contributed by atoms with E-state index in [4.69, 9.17) is 9.47 Å². The van der Waals surface area contributed by atoms with E-state index >= 15 is 0 Å². The molecule has 0 saturated heterocycles. The van der Waals surface area contributed by atoms with E-state index in [2.05, 4.69) is 6.07 Å². The zero-order valence-corrected chi connectivity index (χ0v) is 12.1. The first-order chi connectivity index (χ1) is 9.60. The summed E-state index contributed by atoms with van der Waals surface area (Å²) in [5.74, 6) is 1.53. The first-order valence-corrected chi connectivity index (χ1v) is 6.62. The van der Waals surface area contributed by atoms with Crippen molar-refractivity contribution in [3.8, 4) is 11.5 Å². The molecule has 0 bridgehead atoms. The van der Waals surface area contributed by atoms with Crippen molar-refractivity contribution in [2.75, 3.05) is 13.7 Å². The van der Waals surface area contributed by atoms with E-state index in [0.29, 0.717) is 0 Å². The second-order valence-electron chi connectivity index (χ2n) is 4.87. The SMILES string of the molecule is COc1cccc(C(O)COc2ccc(C)cc2C)c1. The van der Waals surface area contributed by atoms with Crippen molar-refractivity contribution in [2.24, 2.45) is 0 Å². The number of methoxy groups -OCH3 is 1. The summed E-state index contributed by atoms with van der Waals surface area (Å²) in [4.78, 5) is 0. The summed E-state index contributed by atoms with van der Waals surface area (Å²) in [6.07, 6.45) is -0.675. The van der Waals surface area contributed by atoms with Crippen LogP contribution in [0.1, 0.15) is 22.8 Å². The second-order valence-corrected chi connectivity index (χ2v) is 4.87. The van der Waals surface area contributed by atoms with Gasteiger partial charge in [-0.05, 0) is 43.2 Å². The molecule has 0 fully saturated rings. The highest BCUT2D eigenvalue weighted by Crippen LogP contribution is 2.23. The van der Waals surface area contributed by atoms with Gasteiger partial charge in [0.15, 0.2) is 0 Å². The number of rotatable bonds is 5. The Kier molecular flexibility index (Phi) is 4.64. The van der Waals surface area contributed by atoms with E-state index in [1.807, 2.05) is 50.2 Å². The molecule has 0 saturated carbocycles. The fourth-order valence-electron chi connectivity index (χ4n) is 2.08. The Labute approximate surface area is 119 Å². The van der Waals surface area contributed by atoms with Crippen LogP contribution in [0, 0.1) is 13.8 Å². The molecule has 2 rings (SSSR count). The van der Waals surface area contributed by atoms with Crippen LogP contribution < -0.4 is 9.47 Å². The maximum absolute atomic E-state index is 10.2. The van der Waals surface area contributed by atoms with Gasteiger partial charge in [-0.1, -0.05) is 29.8 Å². The molecule has 0 heterocycles. The largest absolute Gasteiger partial charge is 0.497 e. The number of hydrogen-bond donors (Lipinski definition) is 1.